The molecule has 6 heteroatoms. The molecule has 0 atom stereocenters. The molecule has 2 aromatic carbocycles. The molecule has 4 rings (SSSR count). The van der Waals surface area contributed by atoms with Gasteiger partial charge in [-0.1, -0.05) is 55.1 Å². The third kappa shape index (κ3) is 3.46. The smallest absolute Gasteiger partial charge is 0.207 e. The highest BCUT2D eigenvalue weighted by Gasteiger charge is 2.10. The largest absolute Gasteiger partial charge is 0.212 e. The number of fused-ring (bicyclic) bond motifs is 1. The Morgan fingerprint density at radius 1 is 0.885 bits per heavy atom. The van der Waals surface area contributed by atoms with Gasteiger partial charge in [-0.25, -0.2) is 4.39 Å². The maximum atomic E-state index is 13.0. The third-order valence-electron chi connectivity index (χ3n) is 4.17. The van der Waals surface area contributed by atoms with Gasteiger partial charge < -0.3 is 0 Å². The van der Waals surface area contributed by atoms with Crippen molar-refractivity contribution in [2.75, 3.05) is 0 Å². The van der Waals surface area contributed by atoms with Crippen molar-refractivity contribution < 1.29 is 4.39 Å². The van der Waals surface area contributed by atoms with Crippen molar-refractivity contribution in [2.24, 2.45) is 0 Å². The molecule has 0 N–H and O–H groups in total. The molecule has 0 aliphatic carbocycles. The van der Waals surface area contributed by atoms with E-state index in [4.69, 9.17) is 5.10 Å². The van der Waals surface area contributed by atoms with Crippen molar-refractivity contribution in [1.82, 2.24) is 19.8 Å². The maximum absolute atomic E-state index is 13.0. The standard InChI is InChI=1S/C20H17FN4S/c1-2-14-3-7-16(8-4-14)18-11-12-19-22-23-20(25(19)24-18)26-13-15-5-9-17(21)10-6-15/h3-12H,2,13H2,1H3. The van der Waals surface area contributed by atoms with Gasteiger partial charge in [-0.2, -0.15) is 9.61 Å². The first kappa shape index (κ1) is 16.7. The molecule has 130 valence electrons. The SMILES string of the molecule is CCc1ccc(-c2ccc3nnc(SCc4ccc(F)cc4)n3n2)cc1. The second kappa shape index (κ2) is 7.25. The monoisotopic (exact) mass is 364 g/mol. The summed E-state index contributed by atoms with van der Waals surface area (Å²) in [6.07, 6.45) is 1.02. The lowest BCUT2D eigenvalue weighted by Crippen LogP contribution is -1.96. The number of hydrogen-bond acceptors (Lipinski definition) is 4. The van der Waals surface area contributed by atoms with Gasteiger partial charge in [0.15, 0.2) is 5.65 Å². The number of aromatic nitrogens is 4. The van der Waals surface area contributed by atoms with E-state index in [0.29, 0.717) is 11.4 Å². The summed E-state index contributed by atoms with van der Waals surface area (Å²) < 4.78 is 14.8. The van der Waals surface area contributed by atoms with E-state index in [1.807, 2.05) is 12.1 Å². The summed E-state index contributed by atoms with van der Waals surface area (Å²) in [6.45, 7) is 2.14. The predicted octanol–water partition coefficient (Wildman–Crippen LogP) is 4.79. The van der Waals surface area contributed by atoms with Crippen molar-refractivity contribution in [1.29, 1.82) is 0 Å². The Bertz CT molecular complexity index is 1030. The van der Waals surface area contributed by atoms with Crippen molar-refractivity contribution in [3.8, 4) is 11.3 Å². The quantitative estimate of drug-likeness (QED) is 0.478. The highest BCUT2D eigenvalue weighted by atomic mass is 32.2. The number of aryl methyl sites for hydroxylation is 1. The van der Waals surface area contributed by atoms with E-state index in [0.717, 1.165) is 28.4 Å². The van der Waals surface area contributed by atoms with Crippen molar-refractivity contribution in [3.63, 3.8) is 0 Å². The zero-order chi connectivity index (χ0) is 17.9. The molecular weight excluding hydrogens is 347 g/mol. The van der Waals surface area contributed by atoms with Gasteiger partial charge >= 0.3 is 0 Å². The molecule has 26 heavy (non-hydrogen) atoms. The summed E-state index contributed by atoms with van der Waals surface area (Å²) in [4.78, 5) is 0. The lowest BCUT2D eigenvalue weighted by Gasteiger charge is -2.04. The van der Waals surface area contributed by atoms with Gasteiger partial charge in [0.1, 0.15) is 5.82 Å². The minimum Gasteiger partial charge on any atom is -0.207 e. The molecule has 0 radical (unpaired) electrons. The van der Waals surface area contributed by atoms with Crippen molar-refractivity contribution in [3.05, 3.63) is 77.6 Å². The van der Waals surface area contributed by atoms with Crippen LogP contribution in [0.15, 0.2) is 65.8 Å². The lowest BCUT2D eigenvalue weighted by molar-refractivity contribution is 0.627. The molecule has 0 unspecified atom stereocenters. The molecule has 4 nitrogen and oxygen atoms in total. The molecule has 0 aliphatic heterocycles. The third-order valence-corrected chi connectivity index (χ3v) is 5.16. The van der Waals surface area contributed by atoms with Crippen LogP contribution in [0.1, 0.15) is 18.1 Å². The van der Waals surface area contributed by atoms with Gasteiger partial charge in [-0.3, -0.25) is 0 Å². The zero-order valence-electron chi connectivity index (χ0n) is 14.3. The predicted molar refractivity (Wildman–Crippen MR) is 102 cm³/mol. The van der Waals surface area contributed by atoms with Crippen LogP contribution in [-0.2, 0) is 12.2 Å². The highest BCUT2D eigenvalue weighted by Crippen LogP contribution is 2.23. The molecule has 0 spiro atoms. The fourth-order valence-corrected chi connectivity index (χ4v) is 3.50. The van der Waals surface area contributed by atoms with Gasteiger partial charge in [-0.05, 0) is 41.8 Å². The van der Waals surface area contributed by atoms with Gasteiger partial charge in [-0.15, -0.1) is 10.2 Å². The van der Waals surface area contributed by atoms with E-state index >= 15 is 0 Å². The van der Waals surface area contributed by atoms with Crippen LogP contribution in [0, 0.1) is 5.82 Å². The number of halogens is 1. The number of nitrogens with zero attached hydrogens (tertiary/aromatic N) is 4. The topological polar surface area (TPSA) is 43.1 Å². The Kier molecular flexibility index (Phi) is 4.67. The average Bonchev–Trinajstić information content (AvgIpc) is 3.10. The van der Waals surface area contributed by atoms with E-state index in [-0.39, 0.29) is 5.82 Å². The van der Waals surface area contributed by atoms with Crippen LogP contribution >= 0.6 is 11.8 Å². The number of thioether (sulfide) groups is 1. The van der Waals surface area contributed by atoms with Gasteiger partial charge in [0.05, 0.1) is 5.69 Å². The fourth-order valence-electron chi connectivity index (χ4n) is 2.65. The second-order valence-electron chi connectivity index (χ2n) is 5.94. The number of rotatable bonds is 5. The second-order valence-corrected chi connectivity index (χ2v) is 6.88. The summed E-state index contributed by atoms with van der Waals surface area (Å²) >= 11 is 1.53. The molecule has 0 fully saturated rings. The van der Waals surface area contributed by atoms with Gasteiger partial charge in [0, 0.05) is 11.3 Å². The minimum absolute atomic E-state index is 0.230. The van der Waals surface area contributed by atoms with Gasteiger partial charge in [0.25, 0.3) is 0 Å². The van der Waals surface area contributed by atoms with Gasteiger partial charge in [0.2, 0.25) is 5.16 Å². The Morgan fingerprint density at radius 3 is 2.35 bits per heavy atom. The van der Waals surface area contributed by atoms with Crippen LogP contribution in [0.3, 0.4) is 0 Å². The highest BCUT2D eigenvalue weighted by molar-refractivity contribution is 7.98. The molecule has 0 aliphatic rings. The summed E-state index contributed by atoms with van der Waals surface area (Å²) in [6, 6.07) is 18.8. The van der Waals surface area contributed by atoms with Crippen LogP contribution < -0.4 is 0 Å². The van der Waals surface area contributed by atoms with Crippen LogP contribution in [0.25, 0.3) is 16.9 Å². The average molecular weight is 364 g/mol. The first-order chi connectivity index (χ1) is 12.7. The summed E-state index contributed by atoms with van der Waals surface area (Å²) in [5, 5.41) is 13.8. The summed E-state index contributed by atoms with van der Waals surface area (Å²) in [5.41, 5.74) is 4.98. The van der Waals surface area contributed by atoms with E-state index in [1.165, 1.54) is 29.5 Å². The molecule has 0 saturated heterocycles. The van der Waals surface area contributed by atoms with E-state index in [9.17, 15) is 4.39 Å². The molecule has 4 aromatic rings. The van der Waals surface area contributed by atoms with Crippen LogP contribution in [0.2, 0.25) is 0 Å². The Morgan fingerprint density at radius 2 is 1.62 bits per heavy atom. The van der Waals surface area contributed by atoms with E-state index in [2.05, 4.69) is 41.4 Å². The molecule has 0 amide bonds. The Balaban J connectivity index is 1.60. The first-order valence-electron chi connectivity index (χ1n) is 8.42. The molecule has 0 bridgehead atoms. The molecule has 2 aromatic heterocycles. The Hall–Kier alpha value is -2.73. The molecule has 0 saturated carbocycles. The van der Waals surface area contributed by atoms with Crippen LogP contribution in [-0.4, -0.2) is 19.8 Å². The number of hydrogen-bond donors (Lipinski definition) is 0. The summed E-state index contributed by atoms with van der Waals surface area (Å²) in [7, 11) is 0. The van der Waals surface area contributed by atoms with Crippen LogP contribution in [0.4, 0.5) is 4.39 Å². The fraction of sp³-hybridized carbons (Fsp3) is 0.150. The van der Waals surface area contributed by atoms with E-state index in [1.54, 1.807) is 16.6 Å². The normalized spacial score (nSPS) is 11.2. The minimum atomic E-state index is -0.230. The van der Waals surface area contributed by atoms with Crippen LogP contribution in [0.5, 0.6) is 0 Å². The maximum Gasteiger partial charge on any atom is 0.212 e. The van der Waals surface area contributed by atoms with Crippen molar-refractivity contribution in [2.45, 2.75) is 24.3 Å². The lowest BCUT2D eigenvalue weighted by atomic mass is 10.1. The molecular formula is C20H17FN4S. The van der Waals surface area contributed by atoms with E-state index < -0.39 is 0 Å². The first-order valence-corrected chi connectivity index (χ1v) is 9.40. The van der Waals surface area contributed by atoms with Crippen molar-refractivity contribution >= 4 is 17.4 Å². The summed E-state index contributed by atoms with van der Waals surface area (Å²) in [5.74, 6) is 0.449. The Labute approximate surface area is 155 Å². The zero-order valence-corrected chi connectivity index (χ0v) is 15.1. The number of benzene rings is 2. The molecule has 2 heterocycles.